The number of benzene rings is 1. The maximum atomic E-state index is 12.6. The van der Waals surface area contributed by atoms with Crippen LogP contribution in [-0.4, -0.2) is 39.2 Å². The first-order valence-corrected chi connectivity index (χ1v) is 9.65. The highest BCUT2D eigenvalue weighted by atomic mass is 35.5. The highest BCUT2D eigenvalue weighted by Crippen LogP contribution is 2.32. The molecule has 8 heteroatoms. The second-order valence-electron chi connectivity index (χ2n) is 6.29. The lowest BCUT2D eigenvalue weighted by molar-refractivity contribution is -0.129. The van der Waals surface area contributed by atoms with Gasteiger partial charge in [0.2, 0.25) is 11.8 Å². The van der Waals surface area contributed by atoms with Gasteiger partial charge in [-0.15, -0.1) is 0 Å². The first kappa shape index (κ1) is 20.1. The molecule has 2 rings (SSSR count). The van der Waals surface area contributed by atoms with E-state index < -0.39 is 5.25 Å². The molecule has 1 aromatic rings. The van der Waals surface area contributed by atoms with Gasteiger partial charge in [-0.25, -0.2) is 0 Å². The Labute approximate surface area is 162 Å². The van der Waals surface area contributed by atoms with Crippen LogP contribution in [0.15, 0.2) is 23.2 Å². The standard InChI is InChI=1S/C17H21Cl2N3O2S/c1-9(2)20-17-22(10(3)4)16(24)14(25-17)8-15(23)21-13-6-5-11(18)7-12(13)19/h5-7,9-10,14H,8H2,1-4H3,(H,21,23)/t14-/m0/s1. The zero-order valence-electron chi connectivity index (χ0n) is 14.5. The minimum absolute atomic E-state index is 0.00345. The first-order valence-electron chi connectivity index (χ1n) is 8.01. The topological polar surface area (TPSA) is 61.8 Å². The number of amidine groups is 1. The number of rotatable bonds is 5. The molecule has 0 radical (unpaired) electrons. The van der Waals surface area contributed by atoms with Crippen molar-refractivity contribution in [3.63, 3.8) is 0 Å². The van der Waals surface area contributed by atoms with Crippen molar-refractivity contribution in [2.75, 3.05) is 5.32 Å². The smallest absolute Gasteiger partial charge is 0.242 e. The van der Waals surface area contributed by atoms with Crippen molar-refractivity contribution in [3.05, 3.63) is 28.2 Å². The SMILES string of the molecule is CC(C)N=C1S[C@@H](CC(=O)Nc2ccc(Cl)cc2Cl)C(=O)N1C(C)C. The van der Waals surface area contributed by atoms with E-state index in [1.54, 1.807) is 23.1 Å². The maximum absolute atomic E-state index is 12.6. The average molecular weight is 402 g/mol. The Kier molecular flexibility index (Phi) is 6.77. The molecule has 0 aliphatic carbocycles. The minimum Gasteiger partial charge on any atom is -0.325 e. The van der Waals surface area contributed by atoms with Crippen molar-refractivity contribution in [3.8, 4) is 0 Å². The first-order chi connectivity index (χ1) is 11.7. The van der Waals surface area contributed by atoms with Gasteiger partial charge in [0.25, 0.3) is 0 Å². The van der Waals surface area contributed by atoms with Gasteiger partial charge in [0.15, 0.2) is 5.17 Å². The fourth-order valence-corrected chi connectivity index (χ4v) is 4.21. The van der Waals surface area contributed by atoms with Gasteiger partial charge in [-0.2, -0.15) is 0 Å². The lowest BCUT2D eigenvalue weighted by Crippen LogP contribution is -2.38. The lowest BCUT2D eigenvalue weighted by Gasteiger charge is -2.21. The van der Waals surface area contributed by atoms with E-state index in [1.807, 2.05) is 27.7 Å². The predicted molar refractivity (Wildman–Crippen MR) is 106 cm³/mol. The molecule has 1 aromatic carbocycles. The summed E-state index contributed by atoms with van der Waals surface area (Å²) in [5, 5.41) is 3.78. The van der Waals surface area contributed by atoms with Gasteiger partial charge in [0, 0.05) is 23.5 Å². The molecule has 1 N–H and O–H groups in total. The fraction of sp³-hybridized carbons (Fsp3) is 0.471. The summed E-state index contributed by atoms with van der Waals surface area (Å²) in [5.74, 6) is -0.360. The fourth-order valence-electron chi connectivity index (χ4n) is 2.36. The van der Waals surface area contributed by atoms with Crippen LogP contribution in [0.5, 0.6) is 0 Å². The van der Waals surface area contributed by atoms with Gasteiger partial charge < -0.3 is 5.32 Å². The number of aliphatic imine (C=N–C) groups is 1. The van der Waals surface area contributed by atoms with Crippen LogP contribution in [-0.2, 0) is 9.59 Å². The maximum Gasteiger partial charge on any atom is 0.242 e. The molecule has 1 atom stereocenters. The molecule has 0 spiro atoms. The second-order valence-corrected chi connectivity index (χ2v) is 8.30. The van der Waals surface area contributed by atoms with Crippen molar-refractivity contribution in [1.82, 2.24) is 4.90 Å². The lowest BCUT2D eigenvalue weighted by atomic mass is 10.2. The third-order valence-electron chi connectivity index (χ3n) is 3.43. The van der Waals surface area contributed by atoms with Gasteiger partial charge in [-0.3, -0.25) is 19.5 Å². The van der Waals surface area contributed by atoms with Crippen LogP contribution >= 0.6 is 35.0 Å². The summed E-state index contributed by atoms with van der Waals surface area (Å²) in [4.78, 5) is 31.1. The van der Waals surface area contributed by atoms with Gasteiger partial charge in [-0.05, 0) is 45.9 Å². The van der Waals surface area contributed by atoms with Crippen LogP contribution in [0.3, 0.4) is 0 Å². The molecule has 1 aliphatic rings. The van der Waals surface area contributed by atoms with E-state index in [4.69, 9.17) is 23.2 Å². The van der Waals surface area contributed by atoms with Crippen LogP contribution in [0.1, 0.15) is 34.1 Å². The van der Waals surface area contributed by atoms with E-state index in [0.29, 0.717) is 20.9 Å². The molecule has 5 nitrogen and oxygen atoms in total. The van der Waals surface area contributed by atoms with E-state index in [2.05, 4.69) is 10.3 Å². The van der Waals surface area contributed by atoms with Crippen molar-refractivity contribution in [2.24, 2.45) is 4.99 Å². The predicted octanol–water partition coefficient (Wildman–Crippen LogP) is 4.44. The normalized spacial score (nSPS) is 19.4. The molecule has 0 unspecified atom stereocenters. The Morgan fingerprint density at radius 2 is 2.00 bits per heavy atom. The van der Waals surface area contributed by atoms with E-state index >= 15 is 0 Å². The summed E-state index contributed by atoms with van der Waals surface area (Å²) in [6.45, 7) is 7.78. The number of amides is 2. The molecule has 2 amide bonds. The van der Waals surface area contributed by atoms with Crippen LogP contribution in [0.25, 0.3) is 0 Å². The average Bonchev–Trinajstić information content (AvgIpc) is 2.77. The van der Waals surface area contributed by atoms with E-state index in [0.717, 1.165) is 0 Å². The van der Waals surface area contributed by atoms with Crippen molar-refractivity contribution >= 4 is 57.6 Å². The zero-order chi connectivity index (χ0) is 18.7. The third kappa shape index (κ3) is 5.12. The molecular formula is C17H21Cl2N3O2S. The molecule has 1 aliphatic heterocycles. The van der Waals surface area contributed by atoms with Crippen molar-refractivity contribution in [2.45, 2.75) is 51.4 Å². The van der Waals surface area contributed by atoms with E-state index in [-0.39, 0.29) is 30.3 Å². The molecule has 25 heavy (non-hydrogen) atoms. The van der Waals surface area contributed by atoms with E-state index in [9.17, 15) is 9.59 Å². The molecular weight excluding hydrogens is 381 g/mol. The summed E-state index contributed by atoms with van der Waals surface area (Å²) < 4.78 is 0. The van der Waals surface area contributed by atoms with Crippen LogP contribution in [0, 0.1) is 0 Å². The Morgan fingerprint density at radius 3 is 2.56 bits per heavy atom. The number of thioether (sulfide) groups is 1. The monoisotopic (exact) mass is 401 g/mol. The van der Waals surface area contributed by atoms with Crippen LogP contribution in [0.4, 0.5) is 5.69 Å². The molecule has 1 heterocycles. The Balaban J connectivity index is 2.09. The van der Waals surface area contributed by atoms with Crippen molar-refractivity contribution < 1.29 is 9.59 Å². The number of nitrogens with zero attached hydrogens (tertiary/aromatic N) is 2. The largest absolute Gasteiger partial charge is 0.325 e. The number of hydrogen-bond donors (Lipinski definition) is 1. The van der Waals surface area contributed by atoms with Crippen LogP contribution < -0.4 is 5.32 Å². The zero-order valence-corrected chi connectivity index (χ0v) is 16.9. The number of nitrogens with one attached hydrogen (secondary N) is 1. The summed E-state index contributed by atoms with van der Waals surface area (Å²) in [6, 6.07) is 4.92. The summed E-state index contributed by atoms with van der Waals surface area (Å²) in [5.41, 5.74) is 0.475. The summed E-state index contributed by atoms with van der Waals surface area (Å²) >= 11 is 13.3. The van der Waals surface area contributed by atoms with Crippen molar-refractivity contribution in [1.29, 1.82) is 0 Å². The highest BCUT2D eigenvalue weighted by Gasteiger charge is 2.40. The highest BCUT2D eigenvalue weighted by molar-refractivity contribution is 8.15. The van der Waals surface area contributed by atoms with E-state index in [1.165, 1.54) is 11.8 Å². The molecule has 0 saturated carbocycles. The number of hydrogen-bond acceptors (Lipinski definition) is 4. The second kappa shape index (κ2) is 8.43. The molecule has 1 saturated heterocycles. The Hall–Kier alpha value is -1.24. The van der Waals surface area contributed by atoms with Gasteiger partial charge >= 0.3 is 0 Å². The van der Waals surface area contributed by atoms with Gasteiger partial charge in [-0.1, -0.05) is 35.0 Å². The number of carbonyl (C=O) groups is 2. The summed E-state index contributed by atoms with van der Waals surface area (Å²) in [7, 11) is 0. The molecule has 136 valence electrons. The summed E-state index contributed by atoms with van der Waals surface area (Å²) in [6.07, 6.45) is 0.0583. The number of halogens is 2. The molecule has 1 fully saturated rings. The third-order valence-corrected chi connectivity index (χ3v) is 5.14. The van der Waals surface area contributed by atoms with Gasteiger partial charge in [0.05, 0.1) is 10.7 Å². The minimum atomic E-state index is -0.481. The van der Waals surface area contributed by atoms with Crippen LogP contribution in [0.2, 0.25) is 10.0 Å². The van der Waals surface area contributed by atoms with Gasteiger partial charge in [0.1, 0.15) is 5.25 Å². The molecule has 0 bridgehead atoms. The number of carbonyl (C=O) groups excluding carboxylic acids is 2. The Morgan fingerprint density at radius 1 is 1.32 bits per heavy atom. The quantitative estimate of drug-likeness (QED) is 0.792. The Bertz CT molecular complexity index is 707. The number of anilines is 1. The molecule has 0 aromatic heterocycles.